The van der Waals surface area contributed by atoms with E-state index in [2.05, 4.69) is 5.32 Å². The SMILES string of the molecule is CC(=O)NCCc1ccc(F)cc1OCCO. The first-order chi connectivity index (χ1) is 8.13. The monoisotopic (exact) mass is 241 g/mol. The second-order valence-electron chi connectivity index (χ2n) is 3.56. The van der Waals surface area contributed by atoms with Gasteiger partial charge in [0.2, 0.25) is 5.91 Å². The van der Waals surface area contributed by atoms with Gasteiger partial charge in [-0.3, -0.25) is 4.79 Å². The zero-order valence-corrected chi connectivity index (χ0v) is 9.70. The number of ether oxygens (including phenoxy) is 1. The third-order valence-corrected chi connectivity index (χ3v) is 2.15. The molecule has 5 heteroatoms. The Bertz CT molecular complexity index is 382. The van der Waals surface area contributed by atoms with Gasteiger partial charge < -0.3 is 15.2 Å². The average Bonchev–Trinajstić information content (AvgIpc) is 2.28. The summed E-state index contributed by atoms with van der Waals surface area (Å²) in [6, 6.07) is 4.23. The van der Waals surface area contributed by atoms with Gasteiger partial charge in [0.1, 0.15) is 18.2 Å². The number of carbonyl (C=O) groups is 1. The van der Waals surface area contributed by atoms with Gasteiger partial charge in [0, 0.05) is 19.5 Å². The smallest absolute Gasteiger partial charge is 0.216 e. The minimum absolute atomic E-state index is 0.107. The van der Waals surface area contributed by atoms with Crippen LogP contribution in [0.3, 0.4) is 0 Å². The van der Waals surface area contributed by atoms with Crippen LogP contribution in [0.2, 0.25) is 0 Å². The van der Waals surface area contributed by atoms with Crippen molar-refractivity contribution in [3.8, 4) is 5.75 Å². The van der Waals surface area contributed by atoms with Crippen LogP contribution in [0.4, 0.5) is 4.39 Å². The molecule has 0 aliphatic carbocycles. The lowest BCUT2D eigenvalue weighted by Crippen LogP contribution is -2.22. The molecule has 0 radical (unpaired) electrons. The number of carbonyl (C=O) groups excluding carboxylic acids is 1. The molecule has 4 nitrogen and oxygen atoms in total. The van der Waals surface area contributed by atoms with E-state index >= 15 is 0 Å². The molecule has 0 unspecified atom stereocenters. The van der Waals surface area contributed by atoms with Crippen LogP contribution in [0.1, 0.15) is 12.5 Å². The Hall–Kier alpha value is -1.62. The molecule has 0 aromatic heterocycles. The molecule has 0 heterocycles. The Balaban J connectivity index is 2.64. The van der Waals surface area contributed by atoms with Crippen molar-refractivity contribution in [2.75, 3.05) is 19.8 Å². The predicted octanol–water partition coefficient (Wildman–Crippen LogP) is 0.875. The molecule has 17 heavy (non-hydrogen) atoms. The van der Waals surface area contributed by atoms with Crippen molar-refractivity contribution in [2.24, 2.45) is 0 Å². The number of amides is 1. The van der Waals surface area contributed by atoms with Crippen LogP contribution in [-0.2, 0) is 11.2 Å². The van der Waals surface area contributed by atoms with E-state index in [1.165, 1.54) is 19.1 Å². The minimum atomic E-state index is -0.388. The van der Waals surface area contributed by atoms with Gasteiger partial charge in [0.15, 0.2) is 0 Å². The largest absolute Gasteiger partial charge is 0.491 e. The quantitative estimate of drug-likeness (QED) is 0.777. The van der Waals surface area contributed by atoms with Gasteiger partial charge in [-0.25, -0.2) is 4.39 Å². The van der Waals surface area contributed by atoms with Crippen molar-refractivity contribution >= 4 is 5.91 Å². The topological polar surface area (TPSA) is 58.6 Å². The van der Waals surface area contributed by atoms with Gasteiger partial charge in [-0.2, -0.15) is 0 Å². The zero-order chi connectivity index (χ0) is 12.7. The van der Waals surface area contributed by atoms with Crippen LogP contribution in [0.25, 0.3) is 0 Å². The van der Waals surface area contributed by atoms with Gasteiger partial charge in [0.05, 0.1) is 6.61 Å². The van der Waals surface area contributed by atoms with Gasteiger partial charge >= 0.3 is 0 Å². The summed E-state index contributed by atoms with van der Waals surface area (Å²) in [7, 11) is 0. The Morgan fingerprint density at radius 2 is 2.29 bits per heavy atom. The molecule has 0 atom stereocenters. The highest BCUT2D eigenvalue weighted by Gasteiger charge is 2.05. The second-order valence-corrected chi connectivity index (χ2v) is 3.56. The molecule has 1 rings (SSSR count). The van der Waals surface area contributed by atoms with Gasteiger partial charge in [0.25, 0.3) is 0 Å². The van der Waals surface area contributed by atoms with E-state index < -0.39 is 0 Å². The van der Waals surface area contributed by atoms with Crippen LogP contribution >= 0.6 is 0 Å². The summed E-state index contributed by atoms with van der Waals surface area (Å²) in [5.74, 6) is -0.0874. The Labute approximate surface area is 99.4 Å². The van der Waals surface area contributed by atoms with E-state index in [0.29, 0.717) is 18.7 Å². The van der Waals surface area contributed by atoms with Gasteiger partial charge in [-0.1, -0.05) is 6.07 Å². The van der Waals surface area contributed by atoms with Crippen molar-refractivity contribution in [1.82, 2.24) is 5.32 Å². The lowest BCUT2D eigenvalue weighted by Gasteiger charge is -2.11. The Kier molecular flexibility index (Phi) is 5.42. The number of nitrogens with one attached hydrogen (secondary N) is 1. The van der Waals surface area contributed by atoms with Crippen LogP contribution in [0, 0.1) is 5.82 Å². The molecule has 0 saturated heterocycles. The molecule has 0 aliphatic heterocycles. The molecular formula is C12H16FNO3. The van der Waals surface area contributed by atoms with Gasteiger partial charge in [-0.15, -0.1) is 0 Å². The first kappa shape index (κ1) is 13.4. The number of rotatable bonds is 6. The maximum absolute atomic E-state index is 13.0. The molecule has 0 bridgehead atoms. The fraction of sp³-hybridized carbons (Fsp3) is 0.417. The normalized spacial score (nSPS) is 10.1. The van der Waals surface area contributed by atoms with Gasteiger partial charge in [-0.05, 0) is 18.1 Å². The summed E-state index contributed by atoms with van der Waals surface area (Å²) in [5.41, 5.74) is 0.800. The van der Waals surface area contributed by atoms with E-state index in [4.69, 9.17) is 9.84 Å². The molecule has 0 spiro atoms. The number of aliphatic hydroxyl groups is 1. The first-order valence-electron chi connectivity index (χ1n) is 5.40. The van der Waals surface area contributed by atoms with E-state index in [9.17, 15) is 9.18 Å². The molecule has 94 valence electrons. The fourth-order valence-corrected chi connectivity index (χ4v) is 1.40. The molecule has 1 aromatic carbocycles. The summed E-state index contributed by atoms with van der Waals surface area (Å²) >= 11 is 0. The maximum Gasteiger partial charge on any atom is 0.216 e. The lowest BCUT2D eigenvalue weighted by molar-refractivity contribution is -0.118. The number of hydrogen-bond donors (Lipinski definition) is 2. The molecule has 0 saturated carbocycles. The van der Waals surface area contributed by atoms with E-state index in [1.54, 1.807) is 6.07 Å². The number of benzene rings is 1. The van der Waals surface area contributed by atoms with Crippen LogP contribution in [0.15, 0.2) is 18.2 Å². The van der Waals surface area contributed by atoms with E-state index in [-0.39, 0.29) is 24.9 Å². The van der Waals surface area contributed by atoms with Crippen molar-refractivity contribution in [1.29, 1.82) is 0 Å². The summed E-state index contributed by atoms with van der Waals surface area (Å²) in [6.07, 6.45) is 0.556. The highest BCUT2D eigenvalue weighted by Crippen LogP contribution is 2.20. The predicted molar refractivity (Wildman–Crippen MR) is 61.4 cm³/mol. The highest BCUT2D eigenvalue weighted by atomic mass is 19.1. The summed E-state index contributed by atoms with van der Waals surface area (Å²) < 4.78 is 18.2. The van der Waals surface area contributed by atoms with Crippen molar-refractivity contribution in [3.05, 3.63) is 29.6 Å². The summed E-state index contributed by atoms with van der Waals surface area (Å²) in [4.78, 5) is 10.7. The third-order valence-electron chi connectivity index (χ3n) is 2.15. The van der Waals surface area contributed by atoms with Crippen molar-refractivity contribution < 1.29 is 19.0 Å². The highest BCUT2D eigenvalue weighted by molar-refractivity contribution is 5.72. The molecule has 2 N–H and O–H groups in total. The van der Waals surface area contributed by atoms with Crippen LogP contribution < -0.4 is 10.1 Å². The van der Waals surface area contributed by atoms with Crippen LogP contribution in [-0.4, -0.2) is 30.8 Å². The van der Waals surface area contributed by atoms with Crippen LogP contribution in [0.5, 0.6) is 5.75 Å². The molecule has 1 amide bonds. The third kappa shape index (κ3) is 4.82. The first-order valence-corrected chi connectivity index (χ1v) is 5.40. The fourth-order valence-electron chi connectivity index (χ4n) is 1.40. The average molecular weight is 241 g/mol. The maximum atomic E-state index is 13.0. The van der Waals surface area contributed by atoms with E-state index in [0.717, 1.165) is 5.56 Å². The second kappa shape index (κ2) is 6.85. The summed E-state index contributed by atoms with van der Waals surface area (Å²) in [5, 5.41) is 11.3. The zero-order valence-electron chi connectivity index (χ0n) is 9.70. The summed E-state index contributed by atoms with van der Waals surface area (Å²) in [6.45, 7) is 1.91. The van der Waals surface area contributed by atoms with E-state index in [1.807, 2.05) is 0 Å². The van der Waals surface area contributed by atoms with Crippen molar-refractivity contribution in [3.63, 3.8) is 0 Å². The molecular weight excluding hydrogens is 225 g/mol. The molecule has 0 fully saturated rings. The van der Waals surface area contributed by atoms with Crippen molar-refractivity contribution in [2.45, 2.75) is 13.3 Å². The lowest BCUT2D eigenvalue weighted by atomic mass is 10.1. The number of aliphatic hydroxyl groups excluding tert-OH is 1. The minimum Gasteiger partial charge on any atom is -0.491 e. The number of hydrogen-bond acceptors (Lipinski definition) is 3. The molecule has 0 aliphatic rings. The molecule has 1 aromatic rings. The standard InChI is InChI=1S/C12H16FNO3/c1-9(16)14-5-4-10-2-3-11(13)8-12(10)17-7-6-15/h2-3,8,15H,4-7H2,1H3,(H,14,16). The Morgan fingerprint density at radius 1 is 1.53 bits per heavy atom. The number of halogens is 1. The Morgan fingerprint density at radius 3 is 2.94 bits per heavy atom.